The van der Waals surface area contributed by atoms with Crippen molar-refractivity contribution in [2.45, 2.75) is 25.9 Å². The molecular weight excluding hydrogens is 238 g/mol. The van der Waals surface area contributed by atoms with E-state index in [1.54, 1.807) is 13.4 Å². The quantitative estimate of drug-likeness (QED) is 0.836. The summed E-state index contributed by atoms with van der Waals surface area (Å²) in [4.78, 5) is 7.12. The van der Waals surface area contributed by atoms with Gasteiger partial charge in [-0.25, -0.2) is 4.98 Å². The molecule has 2 aromatic rings. The first kappa shape index (κ1) is 13.6. The van der Waals surface area contributed by atoms with Crippen LogP contribution < -0.4 is 5.32 Å². The molecule has 2 rings (SSSR count). The van der Waals surface area contributed by atoms with Gasteiger partial charge in [0.2, 0.25) is 0 Å². The fourth-order valence-electron chi connectivity index (χ4n) is 1.79. The molecule has 0 aliphatic rings. The van der Waals surface area contributed by atoms with Crippen LogP contribution in [0.2, 0.25) is 0 Å². The van der Waals surface area contributed by atoms with Crippen molar-refractivity contribution in [2.24, 2.45) is 0 Å². The van der Waals surface area contributed by atoms with E-state index in [9.17, 15) is 0 Å². The van der Waals surface area contributed by atoms with Gasteiger partial charge in [-0.15, -0.1) is 0 Å². The highest BCUT2D eigenvalue weighted by Crippen LogP contribution is 2.19. The lowest BCUT2D eigenvalue weighted by atomic mass is 10.1. The third kappa shape index (κ3) is 3.83. The highest BCUT2D eigenvalue weighted by atomic mass is 16.5. The van der Waals surface area contributed by atoms with Crippen LogP contribution in [0, 0.1) is 0 Å². The molecule has 4 heteroatoms. The number of aromatic amines is 1. The summed E-state index contributed by atoms with van der Waals surface area (Å²) in [6, 6.07) is 8.32. The Bertz CT molecular complexity index is 489. The minimum Gasteiger partial charge on any atom is -0.385 e. The number of H-pyrrole nitrogens is 1. The van der Waals surface area contributed by atoms with Crippen LogP contribution >= 0.6 is 0 Å². The number of anilines is 1. The number of nitrogens with zero attached hydrogens (tertiary/aromatic N) is 1. The molecule has 0 aliphatic heterocycles. The Morgan fingerprint density at radius 3 is 2.58 bits per heavy atom. The Morgan fingerprint density at radius 2 is 2.00 bits per heavy atom. The molecule has 0 unspecified atom stereocenters. The number of benzene rings is 1. The number of nitrogens with one attached hydrogen (secondary N) is 2. The van der Waals surface area contributed by atoms with Gasteiger partial charge in [0.25, 0.3) is 0 Å². The third-order valence-corrected chi connectivity index (χ3v) is 3.30. The first-order chi connectivity index (χ1) is 9.11. The van der Waals surface area contributed by atoms with Gasteiger partial charge in [-0.1, -0.05) is 12.1 Å². The maximum atomic E-state index is 5.39. The van der Waals surface area contributed by atoms with Gasteiger partial charge in [0.05, 0.1) is 23.8 Å². The summed E-state index contributed by atoms with van der Waals surface area (Å²) in [5.74, 6) is 0. The second-order valence-electron chi connectivity index (χ2n) is 5.18. The smallest absolute Gasteiger partial charge is 0.0924 e. The molecule has 0 atom stereocenters. The topological polar surface area (TPSA) is 49.9 Å². The molecule has 0 bridgehead atoms. The zero-order valence-corrected chi connectivity index (χ0v) is 11.7. The lowest BCUT2D eigenvalue weighted by molar-refractivity contribution is 0.0185. The first-order valence-electron chi connectivity index (χ1n) is 6.48. The summed E-state index contributed by atoms with van der Waals surface area (Å²) in [5, 5.41) is 3.40. The number of ether oxygens (including phenoxy) is 1. The number of imidazole rings is 1. The van der Waals surface area contributed by atoms with Crippen LogP contribution in [0.5, 0.6) is 0 Å². The largest absolute Gasteiger partial charge is 0.385 e. The zero-order chi connectivity index (χ0) is 13.7. The van der Waals surface area contributed by atoms with Crippen molar-refractivity contribution in [1.29, 1.82) is 0 Å². The summed E-state index contributed by atoms with van der Waals surface area (Å²) >= 11 is 0. The third-order valence-electron chi connectivity index (χ3n) is 3.30. The lowest BCUT2D eigenvalue weighted by Crippen LogP contribution is -2.25. The number of aromatic nitrogens is 2. The van der Waals surface area contributed by atoms with E-state index in [1.165, 1.54) is 0 Å². The minimum atomic E-state index is -0.0805. The van der Waals surface area contributed by atoms with Crippen molar-refractivity contribution in [3.05, 3.63) is 36.8 Å². The lowest BCUT2D eigenvalue weighted by Gasteiger charge is -2.23. The first-order valence-corrected chi connectivity index (χ1v) is 6.48. The van der Waals surface area contributed by atoms with Crippen LogP contribution in [0.15, 0.2) is 36.8 Å². The number of hydrogen-bond donors (Lipinski definition) is 2. The van der Waals surface area contributed by atoms with Crippen molar-refractivity contribution in [1.82, 2.24) is 9.97 Å². The van der Waals surface area contributed by atoms with Gasteiger partial charge in [0.1, 0.15) is 0 Å². The Morgan fingerprint density at radius 1 is 1.26 bits per heavy atom. The van der Waals surface area contributed by atoms with Gasteiger partial charge < -0.3 is 15.0 Å². The molecule has 0 spiro atoms. The Balaban J connectivity index is 1.89. The molecular formula is C15H21N3O. The Kier molecular flexibility index (Phi) is 4.22. The van der Waals surface area contributed by atoms with Crippen molar-refractivity contribution >= 4 is 5.69 Å². The predicted molar refractivity (Wildman–Crippen MR) is 78.2 cm³/mol. The van der Waals surface area contributed by atoms with Crippen molar-refractivity contribution < 1.29 is 4.74 Å². The van der Waals surface area contributed by atoms with Gasteiger partial charge in [-0.3, -0.25) is 0 Å². The molecule has 0 saturated heterocycles. The van der Waals surface area contributed by atoms with Crippen LogP contribution in [0.25, 0.3) is 11.3 Å². The van der Waals surface area contributed by atoms with E-state index in [0.717, 1.165) is 29.9 Å². The average Bonchev–Trinajstić information content (AvgIpc) is 2.93. The van der Waals surface area contributed by atoms with Gasteiger partial charge in [-0.05, 0) is 38.0 Å². The summed E-state index contributed by atoms with van der Waals surface area (Å²) < 4.78 is 5.39. The van der Waals surface area contributed by atoms with Crippen molar-refractivity contribution in [2.75, 3.05) is 19.0 Å². The molecule has 4 nitrogen and oxygen atoms in total. The number of hydrogen-bond acceptors (Lipinski definition) is 3. The van der Waals surface area contributed by atoms with Crippen LogP contribution in [0.4, 0.5) is 5.69 Å². The van der Waals surface area contributed by atoms with E-state index in [-0.39, 0.29) is 5.60 Å². The zero-order valence-electron chi connectivity index (χ0n) is 11.7. The number of methoxy groups -OCH3 is 1. The van der Waals surface area contributed by atoms with Crippen LogP contribution in [0.3, 0.4) is 0 Å². The van der Waals surface area contributed by atoms with Gasteiger partial charge in [0, 0.05) is 19.3 Å². The van der Waals surface area contributed by atoms with E-state index in [0.29, 0.717) is 0 Å². The van der Waals surface area contributed by atoms with Gasteiger partial charge >= 0.3 is 0 Å². The molecule has 0 radical (unpaired) electrons. The molecule has 0 fully saturated rings. The second-order valence-corrected chi connectivity index (χ2v) is 5.18. The summed E-state index contributed by atoms with van der Waals surface area (Å²) in [5.41, 5.74) is 3.21. The normalized spacial score (nSPS) is 11.5. The minimum absolute atomic E-state index is 0.0805. The Labute approximate surface area is 114 Å². The molecule has 1 heterocycles. The highest BCUT2D eigenvalue weighted by molar-refractivity contribution is 5.61. The van der Waals surface area contributed by atoms with Gasteiger partial charge in [-0.2, -0.15) is 0 Å². The fourth-order valence-corrected chi connectivity index (χ4v) is 1.79. The molecule has 0 aliphatic carbocycles. The molecule has 2 N–H and O–H groups in total. The summed E-state index contributed by atoms with van der Waals surface area (Å²) in [6.07, 6.45) is 4.48. The van der Waals surface area contributed by atoms with E-state index >= 15 is 0 Å². The second kappa shape index (κ2) is 5.89. The van der Waals surface area contributed by atoms with Crippen LogP contribution in [-0.2, 0) is 4.74 Å². The predicted octanol–water partition coefficient (Wildman–Crippen LogP) is 3.30. The maximum absolute atomic E-state index is 5.39. The van der Waals surface area contributed by atoms with Crippen LogP contribution in [-0.4, -0.2) is 29.2 Å². The fraction of sp³-hybridized carbons (Fsp3) is 0.400. The standard InChI is InChI=1S/C15H21N3O/c1-15(2,19-3)8-9-17-13-6-4-12(5-7-13)14-10-16-11-18-14/h4-7,10-11,17H,8-9H2,1-3H3,(H,16,18). The van der Waals surface area contributed by atoms with Gasteiger partial charge in [0.15, 0.2) is 0 Å². The van der Waals surface area contributed by atoms with E-state index in [2.05, 4.69) is 53.4 Å². The SMILES string of the molecule is COC(C)(C)CCNc1ccc(-c2cnc[nH]2)cc1. The monoisotopic (exact) mass is 259 g/mol. The molecule has 0 saturated carbocycles. The van der Waals surface area contributed by atoms with Crippen LogP contribution in [0.1, 0.15) is 20.3 Å². The van der Waals surface area contributed by atoms with E-state index in [4.69, 9.17) is 4.74 Å². The highest BCUT2D eigenvalue weighted by Gasteiger charge is 2.15. The molecule has 0 amide bonds. The Hall–Kier alpha value is -1.81. The van der Waals surface area contributed by atoms with Crippen molar-refractivity contribution in [3.63, 3.8) is 0 Å². The van der Waals surface area contributed by atoms with E-state index < -0.39 is 0 Å². The molecule has 1 aromatic heterocycles. The number of rotatable bonds is 6. The summed E-state index contributed by atoms with van der Waals surface area (Å²) in [6.45, 7) is 5.08. The van der Waals surface area contributed by atoms with Crippen molar-refractivity contribution in [3.8, 4) is 11.3 Å². The summed E-state index contributed by atoms with van der Waals surface area (Å²) in [7, 11) is 1.75. The maximum Gasteiger partial charge on any atom is 0.0924 e. The van der Waals surface area contributed by atoms with E-state index in [1.807, 2.05) is 6.20 Å². The molecule has 1 aromatic carbocycles. The average molecular weight is 259 g/mol. The molecule has 19 heavy (non-hydrogen) atoms. The molecule has 102 valence electrons.